The molecule has 0 amide bonds. The van der Waals surface area contributed by atoms with Crippen molar-refractivity contribution < 1.29 is 4.74 Å². The molecular weight excluding hydrogens is 266 g/mol. The van der Waals surface area contributed by atoms with Gasteiger partial charge in [0, 0.05) is 13.0 Å². The Kier molecular flexibility index (Phi) is 2.90. The first-order chi connectivity index (χ1) is 7.84. The molecule has 0 saturated carbocycles. The normalized spacial score (nSPS) is 23.9. The number of rotatable bonds is 1. The fourth-order valence-electron chi connectivity index (χ4n) is 2.66. The molecule has 2 aliphatic heterocycles. The lowest BCUT2D eigenvalue weighted by Crippen LogP contribution is -2.28. The van der Waals surface area contributed by atoms with Gasteiger partial charge in [-0.05, 0) is 58.4 Å². The molecule has 16 heavy (non-hydrogen) atoms. The average Bonchev–Trinajstić information content (AvgIpc) is 2.79. The smallest absolute Gasteiger partial charge is 0.136 e. The summed E-state index contributed by atoms with van der Waals surface area (Å²) in [6, 6.07) is 4.58. The van der Waals surface area contributed by atoms with Crippen molar-refractivity contribution >= 4 is 15.9 Å². The molecule has 0 spiro atoms. The van der Waals surface area contributed by atoms with Crippen molar-refractivity contribution in [2.45, 2.75) is 25.2 Å². The van der Waals surface area contributed by atoms with Crippen molar-refractivity contribution in [2.24, 2.45) is 0 Å². The number of hydrogen-bond donors (Lipinski definition) is 1. The van der Waals surface area contributed by atoms with Crippen LogP contribution in [0.25, 0.3) is 0 Å². The van der Waals surface area contributed by atoms with Gasteiger partial charge in [0.25, 0.3) is 0 Å². The van der Waals surface area contributed by atoms with Gasteiger partial charge in [0.1, 0.15) is 5.75 Å². The van der Waals surface area contributed by atoms with E-state index in [9.17, 15) is 0 Å². The van der Waals surface area contributed by atoms with E-state index < -0.39 is 0 Å². The van der Waals surface area contributed by atoms with E-state index in [-0.39, 0.29) is 0 Å². The SMILES string of the molecule is Brc1cc([C@H]2CCCNC2)cc2c1OCC2. The molecule has 0 unspecified atom stereocenters. The lowest BCUT2D eigenvalue weighted by Gasteiger charge is -2.23. The number of nitrogens with one attached hydrogen (secondary N) is 1. The van der Waals surface area contributed by atoms with Crippen LogP contribution in [0.3, 0.4) is 0 Å². The van der Waals surface area contributed by atoms with E-state index in [1.165, 1.54) is 30.5 Å². The van der Waals surface area contributed by atoms with Crippen molar-refractivity contribution in [3.05, 3.63) is 27.7 Å². The molecule has 1 saturated heterocycles. The Bertz CT molecular complexity index is 399. The van der Waals surface area contributed by atoms with Crippen molar-refractivity contribution in [3.63, 3.8) is 0 Å². The summed E-state index contributed by atoms with van der Waals surface area (Å²) in [6.07, 6.45) is 3.65. The predicted molar refractivity (Wildman–Crippen MR) is 68.2 cm³/mol. The second kappa shape index (κ2) is 4.38. The highest BCUT2D eigenvalue weighted by atomic mass is 79.9. The first-order valence-electron chi connectivity index (χ1n) is 6.00. The first-order valence-corrected chi connectivity index (χ1v) is 6.80. The van der Waals surface area contributed by atoms with Crippen molar-refractivity contribution in [1.82, 2.24) is 5.32 Å². The van der Waals surface area contributed by atoms with E-state index in [0.29, 0.717) is 5.92 Å². The Morgan fingerprint density at radius 3 is 3.12 bits per heavy atom. The standard InChI is InChI=1S/C13H16BrNO/c14-12-7-11(10-2-1-4-15-8-10)6-9-3-5-16-13(9)12/h6-7,10,15H,1-5,8H2/t10-/m0/s1. The minimum atomic E-state index is 0.677. The highest BCUT2D eigenvalue weighted by Gasteiger charge is 2.21. The first kappa shape index (κ1) is 10.6. The lowest BCUT2D eigenvalue weighted by atomic mass is 9.90. The molecule has 2 aliphatic rings. The van der Waals surface area contributed by atoms with Gasteiger partial charge in [-0.1, -0.05) is 6.07 Å². The van der Waals surface area contributed by atoms with Crippen LogP contribution < -0.4 is 10.1 Å². The third kappa shape index (κ3) is 1.87. The molecule has 1 aromatic carbocycles. The van der Waals surface area contributed by atoms with Gasteiger partial charge in [-0.2, -0.15) is 0 Å². The third-order valence-corrected chi connectivity index (χ3v) is 4.12. The molecular formula is C13H16BrNO. The lowest BCUT2D eigenvalue weighted by molar-refractivity contribution is 0.355. The van der Waals surface area contributed by atoms with Crippen LogP contribution in [0.5, 0.6) is 5.75 Å². The molecule has 1 aromatic rings. The van der Waals surface area contributed by atoms with E-state index in [1.54, 1.807) is 0 Å². The summed E-state index contributed by atoms with van der Waals surface area (Å²) in [6.45, 7) is 3.12. The maximum atomic E-state index is 5.61. The molecule has 2 heterocycles. The number of ether oxygens (including phenoxy) is 1. The zero-order chi connectivity index (χ0) is 11.0. The van der Waals surface area contributed by atoms with Crippen LogP contribution in [-0.4, -0.2) is 19.7 Å². The Morgan fingerprint density at radius 2 is 2.31 bits per heavy atom. The molecule has 1 atom stereocenters. The highest BCUT2D eigenvalue weighted by molar-refractivity contribution is 9.10. The van der Waals surface area contributed by atoms with E-state index >= 15 is 0 Å². The van der Waals surface area contributed by atoms with Gasteiger partial charge in [-0.25, -0.2) is 0 Å². The molecule has 3 heteroatoms. The van der Waals surface area contributed by atoms with Crippen molar-refractivity contribution in [2.75, 3.05) is 19.7 Å². The fraction of sp³-hybridized carbons (Fsp3) is 0.538. The predicted octanol–water partition coefficient (Wildman–Crippen LogP) is 2.85. The van der Waals surface area contributed by atoms with Gasteiger partial charge in [0.2, 0.25) is 0 Å². The molecule has 3 rings (SSSR count). The van der Waals surface area contributed by atoms with Gasteiger partial charge in [-0.3, -0.25) is 0 Å². The molecule has 0 aromatic heterocycles. The van der Waals surface area contributed by atoms with E-state index in [4.69, 9.17) is 4.74 Å². The second-order valence-corrected chi connectivity index (χ2v) is 5.49. The summed E-state index contributed by atoms with van der Waals surface area (Å²) in [5, 5.41) is 3.47. The van der Waals surface area contributed by atoms with Gasteiger partial charge in [-0.15, -0.1) is 0 Å². The van der Waals surface area contributed by atoms with Crippen LogP contribution in [-0.2, 0) is 6.42 Å². The summed E-state index contributed by atoms with van der Waals surface area (Å²) in [5.41, 5.74) is 2.83. The fourth-order valence-corrected chi connectivity index (χ4v) is 3.29. The van der Waals surface area contributed by atoms with Gasteiger partial charge < -0.3 is 10.1 Å². The zero-order valence-corrected chi connectivity index (χ0v) is 10.8. The van der Waals surface area contributed by atoms with Crippen LogP contribution in [0.15, 0.2) is 16.6 Å². The van der Waals surface area contributed by atoms with Crippen LogP contribution >= 0.6 is 15.9 Å². The van der Waals surface area contributed by atoms with E-state index in [2.05, 4.69) is 33.4 Å². The van der Waals surface area contributed by atoms with E-state index in [1.807, 2.05) is 0 Å². The second-order valence-electron chi connectivity index (χ2n) is 4.63. The number of halogens is 1. The minimum absolute atomic E-state index is 0.677. The third-order valence-electron chi connectivity index (χ3n) is 3.53. The summed E-state index contributed by atoms with van der Waals surface area (Å²) in [4.78, 5) is 0. The molecule has 1 N–H and O–H groups in total. The number of benzene rings is 1. The van der Waals surface area contributed by atoms with Crippen LogP contribution in [0.2, 0.25) is 0 Å². The van der Waals surface area contributed by atoms with E-state index in [0.717, 1.165) is 29.8 Å². The Balaban J connectivity index is 1.92. The quantitative estimate of drug-likeness (QED) is 0.855. The molecule has 86 valence electrons. The zero-order valence-electron chi connectivity index (χ0n) is 9.26. The Hall–Kier alpha value is -0.540. The summed E-state index contributed by atoms with van der Waals surface area (Å²) < 4.78 is 6.74. The Morgan fingerprint density at radius 1 is 1.38 bits per heavy atom. The van der Waals surface area contributed by atoms with Crippen LogP contribution in [0.1, 0.15) is 29.9 Å². The monoisotopic (exact) mass is 281 g/mol. The number of piperidine rings is 1. The Labute approximate surface area is 105 Å². The molecule has 1 fully saturated rings. The number of fused-ring (bicyclic) bond motifs is 1. The summed E-state index contributed by atoms with van der Waals surface area (Å²) >= 11 is 3.62. The average molecular weight is 282 g/mol. The highest BCUT2D eigenvalue weighted by Crippen LogP contribution is 2.37. The molecule has 0 bridgehead atoms. The van der Waals surface area contributed by atoms with Crippen molar-refractivity contribution in [3.8, 4) is 5.75 Å². The van der Waals surface area contributed by atoms with Crippen LogP contribution in [0, 0.1) is 0 Å². The van der Waals surface area contributed by atoms with Crippen LogP contribution in [0.4, 0.5) is 0 Å². The van der Waals surface area contributed by atoms with Gasteiger partial charge in [0.15, 0.2) is 0 Å². The van der Waals surface area contributed by atoms with Gasteiger partial charge in [0.05, 0.1) is 11.1 Å². The minimum Gasteiger partial charge on any atom is -0.492 e. The molecule has 0 radical (unpaired) electrons. The summed E-state index contributed by atoms with van der Waals surface area (Å²) in [5.74, 6) is 1.74. The largest absolute Gasteiger partial charge is 0.492 e. The molecule has 2 nitrogen and oxygen atoms in total. The maximum absolute atomic E-state index is 5.61. The van der Waals surface area contributed by atoms with Crippen molar-refractivity contribution in [1.29, 1.82) is 0 Å². The summed E-state index contributed by atoms with van der Waals surface area (Å²) in [7, 11) is 0. The molecule has 0 aliphatic carbocycles. The van der Waals surface area contributed by atoms with Gasteiger partial charge >= 0.3 is 0 Å². The maximum Gasteiger partial charge on any atom is 0.136 e. The number of hydrogen-bond acceptors (Lipinski definition) is 2. The topological polar surface area (TPSA) is 21.3 Å².